The summed E-state index contributed by atoms with van der Waals surface area (Å²) in [7, 11) is 0. The average Bonchev–Trinajstić information content (AvgIpc) is 2.53. The summed E-state index contributed by atoms with van der Waals surface area (Å²) in [5.41, 5.74) is 3.43. The highest BCUT2D eigenvalue weighted by atomic mass is 32.1. The molecule has 0 unspecified atom stereocenters. The summed E-state index contributed by atoms with van der Waals surface area (Å²) in [6, 6.07) is 5.81. The standard InChI is InChI=1S/C8H6FN3S/c9-6-3-1-5(2-4-6)7-8(13)11-12-10-7/h1-4,7H,(H,10,11,13)/t7-/m1/s1. The maximum atomic E-state index is 12.6. The number of benzene rings is 1. The largest absolute Gasteiger partial charge is 0.251 e. The van der Waals surface area contributed by atoms with Crippen molar-refractivity contribution in [2.24, 2.45) is 10.3 Å². The monoisotopic (exact) mass is 195 g/mol. The van der Waals surface area contributed by atoms with Crippen molar-refractivity contribution in [2.75, 3.05) is 0 Å². The van der Waals surface area contributed by atoms with Crippen LogP contribution >= 0.6 is 12.2 Å². The van der Waals surface area contributed by atoms with E-state index in [1.165, 1.54) is 12.1 Å². The Morgan fingerprint density at radius 1 is 1.31 bits per heavy atom. The molecular formula is C8H6FN3S. The molecule has 1 aromatic rings. The predicted molar refractivity (Wildman–Crippen MR) is 49.7 cm³/mol. The predicted octanol–water partition coefficient (Wildman–Crippen LogP) is 2.16. The van der Waals surface area contributed by atoms with Gasteiger partial charge in [-0.2, -0.15) is 5.11 Å². The van der Waals surface area contributed by atoms with Crippen LogP contribution in [0.15, 0.2) is 34.6 Å². The number of nitrogens with zero attached hydrogens (tertiary/aromatic N) is 2. The Kier molecular flexibility index (Phi) is 2.02. The molecule has 1 aliphatic heterocycles. The second kappa shape index (κ2) is 3.18. The normalized spacial score (nSPS) is 20.4. The third-order valence-corrected chi connectivity index (χ3v) is 2.08. The van der Waals surface area contributed by atoms with Gasteiger partial charge in [-0.05, 0) is 17.7 Å². The fraction of sp³-hybridized carbons (Fsp3) is 0.125. The molecule has 0 amide bonds. The number of halogens is 1. The van der Waals surface area contributed by atoms with Crippen LogP contribution in [0.2, 0.25) is 0 Å². The molecule has 0 aliphatic carbocycles. The molecule has 2 rings (SSSR count). The first kappa shape index (κ1) is 8.25. The third kappa shape index (κ3) is 1.55. The van der Waals surface area contributed by atoms with Gasteiger partial charge in [0.2, 0.25) is 0 Å². The van der Waals surface area contributed by atoms with Crippen LogP contribution in [0.3, 0.4) is 0 Å². The Morgan fingerprint density at radius 3 is 2.54 bits per heavy atom. The molecule has 5 heteroatoms. The van der Waals surface area contributed by atoms with Gasteiger partial charge in [-0.1, -0.05) is 29.6 Å². The maximum Gasteiger partial charge on any atom is 0.150 e. The molecule has 1 heterocycles. The highest BCUT2D eigenvalue weighted by molar-refractivity contribution is 7.80. The minimum absolute atomic E-state index is 0.254. The lowest BCUT2D eigenvalue weighted by Crippen LogP contribution is -2.14. The first-order chi connectivity index (χ1) is 6.27. The van der Waals surface area contributed by atoms with Gasteiger partial charge in [0, 0.05) is 0 Å². The van der Waals surface area contributed by atoms with Crippen molar-refractivity contribution in [1.82, 2.24) is 5.43 Å². The maximum absolute atomic E-state index is 12.6. The van der Waals surface area contributed by atoms with E-state index in [1.54, 1.807) is 12.1 Å². The van der Waals surface area contributed by atoms with Crippen LogP contribution in [-0.4, -0.2) is 4.99 Å². The Bertz CT molecular complexity index is 360. The van der Waals surface area contributed by atoms with E-state index < -0.39 is 0 Å². The molecule has 1 aromatic carbocycles. The second-order valence-electron chi connectivity index (χ2n) is 2.65. The van der Waals surface area contributed by atoms with E-state index >= 15 is 0 Å². The first-order valence-electron chi connectivity index (χ1n) is 3.72. The molecule has 1 atom stereocenters. The van der Waals surface area contributed by atoms with Gasteiger partial charge in [0.05, 0.1) is 0 Å². The lowest BCUT2D eigenvalue weighted by atomic mass is 10.1. The first-order valence-corrected chi connectivity index (χ1v) is 4.13. The molecule has 1 aliphatic rings. The highest BCUT2D eigenvalue weighted by Gasteiger charge is 2.20. The topological polar surface area (TPSA) is 36.8 Å². The smallest absolute Gasteiger partial charge is 0.150 e. The number of nitrogens with one attached hydrogen (secondary N) is 1. The van der Waals surface area contributed by atoms with Crippen LogP contribution in [0.25, 0.3) is 0 Å². The van der Waals surface area contributed by atoms with Crippen LogP contribution in [0.5, 0.6) is 0 Å². The van der Waals surface area contributed by atoms with Gasteiger partial charge in [-0.15, -0.1) is 0 Å². The molecule has 13 heavy (non-hydrogen) atoms. The van der Waals surface area contributed by atoms with Crippen molar-refractivity contribution < 1.29 is 4.39 Å². The molecule has 0 spiro atoms. The Labute approximate surface area is 79.6 Å². The van der Waals surface area contributed by atoms with Crippen LogP contribution in [0.1, 0.15) is 11.6 Å². The van der Waals surface area contributed by atoms with Gasteiger partial charge < -0.3 is 0 Å². The quantitative estimate of drug-likeness (QED) is 0.697. The summed E-state index contributed by atoms with van der Waals surface area (Å²) < 4.78 is 12.6. The van der Waals surface area contributed by atoms with E-state index in [2.05, 4.69) is 15.8 Å². The lowest BCUT2D eigenvalue weighted by molar-refractivity contribution is 0.626. The van der Waals surface area contributed by atoms with Gasteiger partial charge >= 0.3 is 0 Å². The van der Waals surface area contributed by atoms with E-state index in [0.717, 1.165) is 5.56 Å². The number of hydrogen-bond acceptors (Lipinski definition) is 3. The summed E-state index contributed by atoms with van der Waals surface area (Å²) in [4.78, 5) is 0.548. The van der Waals surface area contributed by atoms with E-state index in [1.807, 2.05) is 0 Å². The van der Waals surface area contributed by atoms with Crippen molar-refractivity contribution in [3.05, 3.63) is 35.6 Å². The van der Waals surface area contributed by atoms with Crippen LogP contribution < -0.4 is 5.43 Å². The molecule has 0 saturated carbocycles. The molecule has 0 fully saturated rings. The van der Waals surface area contributed by atoms with E-state index in [0.29, 0.717) is 4.99 Å². The zero-order valence-corrected chi connectivity index (χ0v) is 7.38. The number of thiocarbonyl (C=S) groups is 1. The van der Waals surface area contributed by atoms with Crippen LogP contribution in [0, 0.1) is 5.82 Å². The minimum Gasteiger partial charge on any atom is -0.251 e. The molecule has 0 bridgehead atoms. The number of hydrogen-bond donors (Lipinski definition) is 1. The van der Waals surface area contributed by atoms with Gasteiger partial charge in [0.15, 0.2) is 0 Å². The van der Waals surface area contributed by atoms with Gasteiger partial charge in [-0.3, -0.25) is 5.43 Å². The molecule has 0 radical (unpaired) electrons. The highest BCUT2D eigenvalue weighted by Crippen LogP contribution is 2.22. The second-order valence-corrected chi connectivity index (χ2v) is 3.09. The van der Waals surface area contributed by atoms with Crippen molar-refractivity contribution >= 4 is 17.2 Å². The fourth-order valence-electron chi connectivity index (χ4n) is 1.11. The molecule has 3 nitrogen and oxygen atoms in total. The summed E-state index contributed by atoms with van der Waals surface area (Å²) >= 11 is 4.96. The Morgan fingerprint density at radius 2 is 2.00 bits per heavy atom. The van der Waals surface area contributed by atoms with Crippen molar-refractivity contribution in [1.29, 1.82) is 0 Å². The Hall–Kier alpha value is -1.36. The third-order valence-electron chi connectivity index (χ3n) is 1.77. The van der Waals surface area contributed by atoms with Crippen LogP contribution in [0.4, 0.5) is 4.39 Å². The summed E-state index contributed by atoms with van der Waals surface area (Å²) in [6.45, 7) is 0. The molecule has 0 saturated heterocycles. The van der Waals surface area contributed by atoms with Gasteiger partial charge in [-0.25, -0.2) is 4.39 Å². The van der Waals surface area contributed by atoms with Crippen molar-refractivity contribution in [3.63, 3.8) is 0 Å². The summed E-state index contributed by atoms with van der Waals surface area (Å²) in [5.74, 6) is -0.266. The fourth-order valence-corrected chi connectivity index (χ4v) is 1.34. The summed E-state index contributed by atoms with van der Waals surface area (Å²) in [5, 5.41) is 7.45. The minimum atomic E-state index is -0.266. The van der Waals surface area contributed by atoms with Crippen molar-refractivity contribution in [3.8, 4) is 0 Å². The Balaban J connectivity index is 2.30. The van der Waals surface area contributed by atoms with Gasteiger partial charge in [0.25, 0.3) is 0 Å². The number of rotatable bonds is 1. The molecule has 0 aromatic heterocycles. The molecule has 66 valence electrons. The molecular weight excluding hydrogens is 189 g/mol. The van der Waals surface area contributed by atoms with Crippen molar-refractivity contribution in [2.45, 2.75) is 6.04 Å². The SMILES string of the molecule is Fc1ccc([C@H]2N=NNC2=S)cc1. The van der Waals surface area contributed by atoms with E-state index in [9.17, 15) is 4.39 Å². The van der Waals surface area contributed by atoms with E-state index in [4.69, 9.17) is 12.2 Å². The lowest BCUT2D eigenvalue weighted by Gasteiger charge is -2.04. The average molecular weight is 195 g/mol. The zero-order chi connectivity index (χ0) is 9.26. The van der Waals surface area contributed by atoms with E-state index in [-0.39, 0.29) is 11.9 Å². The summed E-state index contributed by atoms with van der Waals surface area (Å²) in [6.07, 6.45) is 0. The van der Waals surface area contributed by atoms with Gasteiger partial charge in [0.1, 0.15) is 16.8 Å². The zero-order valence-electron chi connectivity index (χ0n) is 6.57. The molecule has 1 N–H and O–H groups in total. The van der Waals surface area contributed by atoms with Crippen LogP contribution in [-0.2, 0) is 0 Å².